The Morgan fingerprint density at radius 3 is 2.69 bits per heavy atom. The van der Waals surface area contributed by atoms with Crippen LogP contribution in [-0.2, 0) is 0 Å². The second-order valence-corrected chi connectivity index (χ2v) is 5.24. The fourth-order valence-electron chi connectivity index (χ4n) is 2.33. The lowest BCUT2D eigenvalue weighted by molar-refractivity contribution is 0.412. The van der Waals surface area contributed by atoms with Crippen LogP contribution in [0.5, 0.6) is 11.6 Å². The SMILES string of the molecule is COc1cccc(-n2c(O)c(C=Nc3ccccc3F)c(=O)[nH]c2=O)c1. The van der Waals surface area contributed by atoms with Crippen LogP contribution in [0.2, 0.25) is 0 Å². The predicted molar refractivity (Wildman–Crippen MR) is 94.5 cm³/mol. The van der Waals surface area contributed by atoms with Crippen molar-refractivity contribution in [2.75, 3.05) is 7.11 Å². The van der Waals surface area contributed by atoms with Gasteiger partial charge in [-0.25, -0.2) is 13.8 Å². The number of aromatic nitrogens is 2. The summed E-state index contributed by atoms with van der Waals surface area (Å²) in [5.41, 5.74) is -1.68. The minimum Gasteiger partial charge on any atom is -0.497 e. The summed E-state index contributed by atoms with van der Waals surface area (Å²) in [6.07, 6.45) is 1.00. The molecule has 2 aromatic carbocycles. The second kappa shape index (κ2) is 7.06. The molecule has 1 aromatic heterocycles. The van der Waals surface area contributed by atoms with E-state index >= 15 is 0 Å². The molecule has 1 heterocycles. The fraction of sp³-hybridized carbons (Fsp3) is 0.0556. The van der Waals surface area contributed by atoms with Gasteiger partial charge in [-0.05, 0) is 24.3 Å². The number of aliphatic imine (C=N–C) groups is 1. The van der Waals surface area contributed by atoms with Crippen LogP contribution in [0.1, 0.15) is 5.56 Å². The average Bonchev–Trinajstić information content (AvgIpc) is 2.63. The van der Waals surface area contributed by atoms with Gasteiger partial charge in [-0.15, -0.1) is 0 Å². The Kier molecular flexibility index (Phi) is 4.66. The van der Waals surface area contributed by atoms with Crippen LogP contribution in [0.4, 0.5) is 10.1 Å². The van der Waals surface area contributed by atoms with E-state index in [9.17, 15) is 19.1 Å². The largest absolute Gasteiger partial charge is 0.497 e. The van der Waals surface area contributed by atoms with Crippen LogP contribution >= 0.6 is 0 Å². The van der Waals surface area contributed by atoms with Gasteiger partial charge in [0.05, 0.1) is 18.5 Å². The first-order chi connectivity index (χ1) is 12.5. The van der Waals surface area contributed by atoms with Gasteiger partial charge in [0.2, 0.25) is 5.88 Å². The highest BCUT2D eigenvalue weighted by Crippen LogP contribution is 2.21. The van der Waals surface area contributed by atoms with Crippen molar-refractivity contribution in [3.05, 3.63) is 80.7 Å². The van der Waals surface area contributed by atoms with Crippen molar-refractivity contribution in [3.8, 4) is 17.3 Å². The molecule has 0 radical (unpaired) electrons. The Bertz CT molecular complexity index is 1100. The Balaban J connectivity index is 2.14. The van der Waals surface area contributed by atoms with Crippen molar-refractivity contribution in [1.29, 1.82) is 0 Å². The number of para-hydroxylation sites is 1. The molecule has 0 aliphatic rings. The fourth-order valence-corrected chi connectivity index (χ4v) is 2.33. The third-order valence-corrected chi connectivity index (χ3v) is 3.62. The van der Waals surface area contributed by atoms with Gasteiger partial charge in [-0.1, -0.05) is 18.2 Å². The Labute approximate surface area is 146 Å². The minimum atomic E-state index is -0.841. The molecule has 0 atom stereocenters. The normalized spacial score (nSPS) is 11.0. The number of rotatable bonds is 4. The van der Waals surface area contributed by atoms with Crippen molar-refractivity contribution in [3.63, 3.8) is 0 Å². The molecule has 0 saturated carbocycles. The van der Waals surface area contributed by atoms with Gasteiger partial charge < -0.3 is 9.84 Å². The molecule has 0 aliphatic carbocycles. The highest BCUT2D eigenvalue weighted by Gasteiger charge is 2.14. The van der Waals surface area contributed by atoms with Gasteiger partial charge in [0, 0.05) is 12.3 Å². The minimum absolute atomic E-state index is 0.00886. The van der Waals surface area contributed by atoms with E-state index in [-0.39, 0.29) is 16.9 Å². The lowest BCUT2D eigenvalue weighted by Gasteiger charge is -2.10. The Morgan fingerprint density at radius 1 is 1.19 bits per heavy atom. The van der Waals surface area contributed by atoms with Crippen LogP contribution < -0.4 is 16.0 Å². The van der Waals surface area contributed by atoms with Crippen molar-refractivity contribution in [1.82, 2.24) is 9.55 Å². The monoisotopic (exact) mass is 355 g/mol. The van der Waals surface area contributed by atoms with E-state index < -0.39 is 22.9 Å². The first-order valence-electron chi connectivity index (χ1n) is 7.52. The van der Waals surface area contributed by atoms with E-state index in [4.69, 9.17) is 4.74 Å². The number of benzene rings is 2. The van der Waals surface area contributed by atoms with E-state index in [0.29, 0.717) is 5.75 Å². The number of H-pyrrole nitrogens is 1. The summed E-state index contributed by atoms with van der Waals surface area (Å²) in [4.78, 5) is 30.2. The summed E-state index contributed by atoms with van der Waals surface area (Å²) in [7, 11) is 1.46. The molecule has 2 N–H and O–H groups in total. The lowest BCUT2D eigenvalue weighted by Crippen LogP contribution is -2.31. The molecule has 3 aromatic rings. The zero-order chi connectivity index (χ0) is 18.7. The number of aromatic amines is 1. The maximum atomic E-state index is 13.7. The van der Waals surface area contributed by atoms with E-state index in [0.717, 1.165) is 10.8 Å². The standard InChI is InChI=1S/C18H14FN3O4/c1-26-12-6-4-5-11(9-12)22-17(24)13(16(23)21-18(22)25)10-20-15-8-3-2-7-14(15)19/h2-10,24H,1H3,(H,21,23,25). The third-order valence-electron chi connectivity index (χ3n) is 3.62. The van der Waals surface area contributed by atoms with Gasteiger partial charge in [0.25, 0.3) is 5.56 Å². The van der Waals surface area contributed by atoms with E-state index in [1.807, 2.05) is 0 Å². The van der Waals surface area contributed by atoms with Gasteiger partial charge >= 0.3 is 5.69 Å². The molecule has 26 heavy (non-hydrogen) atoms. The second-order valence-electron chi connectivity index (χ2n) is 5.24. The zero-order valence-electron chi connectivity index (χ0n) is 13.6. The number of nitrogens with one attached hydrogen (secondary N) is 1. The van der Waals surface area contributed by atoms with Gasteiger partial charge in [-0.2, -0.15) is 0 Å². The summed E-state index contributed by atoms with van der Waals surface area (Å²) >= 11 is 0. The number of hydrogen-bond donors (Lipinski definition) is 2. The maximum Gasteiger partial charge on any atom is 0.335 e. The molecule has 8 heteroatoms. The predicted octanol–water partition coefficient (Wildman–Crippen LogP) is 2.13. The van der Waals surface area contributed by atoms with Crippen molar-refractivity contribution < 1.29 is 14.2 Å². The Hall–Kier alpha value is -3.68. The van der Waals surface area contributed by atoms with Crippen molar-refractivity contribution in [2.24, 2.45) is 4.99 Å². The molecule has 7 nitrogen and oxygen atoms in total. The highest BCUT2D eigenvalue weighted by atomic mass is 19.1. The molecule has 0 amide bonds. The molecule has 3 rings (SSSR count). The maximum absolute atomic E-state index is 13.7. The summed E-state index contributed by atoms with van der Waals surface area (Å²) in [6, 6.07) is 12.1. The lowest BCUT2D eigenvalue weighted by atomic mass is 10.2. The smallest absolute Gasteiger partial charge is 0.335 e. The van der Waals surface area contributed by atoms with Crippen LogP contribution in [0.3, 0.4) is 0 Å². The van der Waals surface area contributed by atoms with Crippen LogP contribution in [0.25, 0.3) is 5.69 Å². The van der Waals surface area contributed by atoms with Gasteiger partial charge in [0.15, 0.2) is 0 Å². The van der Waals surface area contributed by atoms with Gasteiger partial charge in [-0.3, -0.25) is 14.8 Å². The van der Waals surface area contributed by atoms with Gasteiger partial charge in [0.1, 0.15) is 17.1 Å². The number of methoxy groups -OCH3 is 1. The topological polar surface area (TPSA) is 96.7 Å². The Morgan fingerprint density at radius 2 is 1.96 bits per heavy atom. The molecule has 0 spiro atoms. The number of nitrogens with zero attached hydrogens (tertiary/aromatic N) is 2. The molecule has 0 fully saturated rings. The molecular weight excluding hydrogens is 341 g/mol. The molecule has 0 aliphatic heterocycles. The highest BCUT2D eigenvalue weighted by molar-refractivity contribution is 5.84. The summed E-state index contributed by atoms with van der Waals surface area (Å²) in [5.74, 6) is -0.741. The van der Waals surface area contributed by atoms with Crippen molar-refractivity contribution in [2.45, 2.75) is 0 Å². The first kappa shape index (κ1) is 17.2. The average molecular weight is 355 g/mol. The third kappa shape index (κ3) is 3.25. The first-order valence-corrected chi connectivity index (χ1v) is 7.52. The van der Waals surface area contributed by atoms with E-state index in [1.165, 1.54) is 31.4 Å². The number of ether oxygens (including phenoxy) is 1. The van der Waals surface area contributed by atoms with E-state index in [1.54, 1.807) is 24.3 Å². The van der Waals surface area contributed by atoms with Crippen LogP contribution in [-0.4, -0.2) is 28.0 Å². The number of halogens is 1. The molecular formula is C18H14FN3O4. The quantitative estimate of drug-likeness (QED) is 0.701. The van der Waals surface area contributed by atoms with Crippen LogP contribution in [0.15, 0.2) is 63.1 Å². The molecule has 0 unspecified atom stereocenters. The summed E-state index contributed by atoms with van der Waals surface area (Å²) < 4.78 is 19.6. The van der Waals surface area contributed by atoms with Crippen molar-refractivity contribution >= 4 is 11.9 Å². The number of aromatic hydroxyl groups is 1. The number of hydrogen-bond acceptors (Lipinski definition) is 5. The molecule has 132 valence electrons. The summed E-state index contributed by atoms with van der Waals surface area (Å²) in [6.45, 7) is 0. The van der Waals surface area contributed by atoms with Crippen LogP contribution in [0, 0.1) is 5.82 Å². The zero-order valence-corrected chi connectivity index (χ0v) is 13.6. The molecule has 0 bridgehead atoms. The summed E-state index contributed by atoms with van der Waals surface area (Å²) in [5, 5.41) is 10.4. The molecule has 0 saturated heterocycles. The van der Waals surface area contributed by atoms with E-state index in [2.05, 4.69) is 9.98 Å².